The van der Waals surface area contributed by atoms with Gasteiger partial charge in [0.1, 0.15) is 5.82 Å². The van der Waals surface area contributed by atoms with E-state index in [0.29, 0.717) is 17.5 Å². The Morgan fingerprint density at radius 3 is 1.66 bits per heavy atom. The zero-order valence-corrected chi connectivity index (χ0v) is 29.7. The molecule has 9 rings (SSSR count). The number of hydrogen-bond donors (Lipinski definition) is 0. The van der Waals surface area contributed by atoms with E-state index in [1.54, 1.807) is 12.1 Å². The summed E-state index contributed by atoms with van der Waals surface area (Å²) in [6, 6.07) is 52.8. The highest BCUT2D eigenvalue weighted by Gasteiger charge is 2.20. The predicted molar refractivity (Wildman–Crippen MR) is 216 cm³/mol. The van der Waals surface area contributed by atoms with Crippen LogP contribution in [0.25, 0.3) is 83.9 Å². The minimum absolute atomic E-state index is 0.287. The molecule has 0 saturated heterocycles. The van der Waals surface area contributed by atoms with Gasteiger partial charge in [-0.05, 0) is 78.9 Å². The van der Waals surface area contributed by atoms with Gasteiger partial charge in [-0.2, -0.15) is 0 Å². The molecule has 0 saturated carbocycles. The number of para-hydroxylation sites is 1. The molecular formula is C48H35FN4. The summed E-state index contributed by atoms with van der Waals surface area (Å²) < 4.78 is 17.2. The first-order valence-electron chi connectivity index (χ1n) is 17.8. The van der Waals surface area contributed by atoms with Crippen molar-refractivity contribution in [3.63, 3.8) is 0 Å². The summed E-state index contributed by atoms with van der Waals surface area (Å²) in [5, 5.41) is 2.28. The molecule has 0 radical (unpaired) electrons. The Balaban J connectivity index is 1.34. The van der Waals surface area contributed by atoms with Crippen LogP contribution in [0, 0.1) is 26.6 Å². The number of fused-ring (bicyclic) bond motifs is 3. The lowest BCUT2D eigenvalue weighted by atomic mass is 9.93. The summed E-state index contributed by atoms with van der Waals surface area (Å²) in [5.41, 5.74) is 13.4. The zero-order valence-electron chi connectivity index (χ0n) is 29.7. The number of rotatable bonds is 6. The molecule has 0 atom stereocenters. The third-order valence-corrected chi connectivity index (χ3v) is 9.97. The Hall–Kier alpha value is -6.72. The molecule has 2 aromatic heterocycles. The Morgan fingerprint density at radius 2 is 1.00 bits per heavy atom. The Labute approximate surface area is 307 Å². The van der Waals surface area contributed by atoms with Crippen molar-refractivity contribution >= 4 is 21.8 Å². The molecule has 0 spiro atoms. The van der Waals surface area contributed by atoms with Crippen molar-refractivity contribution < 1.29 is 4.39 Å². The molecule has 53 heavy (non-hydrogen) atoms. The minimum Gasteiger partial charge on any atom is -0.309 e. The molecule has 4 nitrogen and oxygen atoms in total. The first kappa shape index (κ1) is 32.2. The monoisotopic (exact) mass is 686 g/mol. The number of aromatic nitrogens is 4. The van der Waals surface area contributed by atoms with Crippen LogP contribution in [0.3, 0.4) is 0 Å². The molecule has 0 fully saturated rings. The third-order valence-electron chi connectivity index (χ3n) is 9.97. The number of hydrogen-bond acceptors (Lipinski definition) is 3. The van der Waals surface area contributed by atoms with E-state index in [-0.39, 0.29) is 5.82 Å². The molecule has 0 aliphatic carbocycles. The van der Waals surface area contributed by atoms with Crippen LogP contribution in [0.1, 0.15) is 16.7 Å². The minimum atomic E-state index is -0.287. The maximum absolute atomic E-state index is 14.9. The fourth-order valence-corrected chi connectivity index (χ4v) is 7.71. The normalized spacial score (nSPS) is 11.4. The maximum atomic E-state index is 14.9. The van der Waals surface area contributed by atoms with Crippen molar-refractivity contribution in [2.24, 2.45) is 0 Å². The van der Waals surface area contributed by atoms with E-state index in [1.807, 2.05) is 72.8 Å². The van der Waals surface area contributed by atoms with E-state index in [0.717, 1.165) is 60.9 Å². The van der Waals surface area contributed by atoms with Crippen LogP contribution in [0.4, 0.5) is 4.39 Å². The van der Waals surface area contributed by atoms with Crippen LogP contribution >= 0.6 is 0 Å². The molecule has 0 aliphatic rings. The van der Waals surface area contributed by atoms with Gasteiger partial charge in [-0.1, -0.05) is 133 Å². The van der Waals surface area contributed by atoms with Gasteiger partial charge in [0.25, 0.3) is 0 Å². The highest BCUT2D eigenvalue weighted by Crippen LogP contribution is 2.40. The molecule has 7 aromatic carbocycles. The van der Waals surface area contributed by atoms with E-state index in [1.165, 1.54) is 28.3 Å². The molecule has 0 N–H and O–H groups in total. The summed E-state index contributed by atoms with van der Waals surface area (Å²) in [6.45, 7) is 6.51. The van der Waals surface area contributed by atoms with Gasteiger partial charge in [0.05, 0.1) is 16.7 Å². The van der Waals surface area contributed by atoms with E-state index < -0.39 is 0 Å². The summed E-state index contributed by atoms with van der Waals surface area (Å²) in [5.74, 6) is 1.45. The van der Waals surface area contributed by atoms with Crippen LogP contribution in [0.5, 0.6) is 0 Å². The fraction of sp³-hybridized carbons (Fsp3) is 0.0625. The second-order valence-electron chi connectivity index (χ2n) is 13.6. The van der Waals surface area contributed by atoms with Crippen LogP contribution < -0.4 is 0 Å². The van der Waals surface area contributed by atoms with Crippen molar-refractivity contribution in [2.45, 2.75) is 20.8 Å². The Bertz CT molecular complexity index is 2740. The van der Waals surface area contributed by atoms with Gasteiger partial charge in [-0.3, -0.25) is 0 Å². The molecular weight excluding hydrogens is 652 g/mol. The summed E-state index contributed by atoms with van der Waals surface area (Å²) in [7, 11) is 0. The summed E-state index contributed by atoms with van der Waals surface area (Å²) in [6.07, 6.45) is 0. The summed E-state index contributed by atoms with van der Waals surface area (Å²) >= 11 is 0. The molecule has 0 amide bonds. The topological polar surface area (TPSA) is 43.6 Å². The maximum Gasteiger partial charge on any atom is 0.164 e. The van der Waals surface area contributed by atoms with Crippen molar-refractivity contribution in [1.82, 2.24) is 19.5 Å². The molecule has 0 bridgehead atoms. The smallest absolute Gasteiger partial charge is 0.164 e. The Kier molecular flexibility index (Phi) is 7.97. The van der Waals surface area contributed by atoms with Gasteiger partial charge >= 0.3 is 0 Å². The van der Waals surface area contributed by atoms with E-state index in [4.69, 9.17) is 15.0 Å². The average molecular weight is 687 g/mol. The molecule has 9 aromatic rings. The van der Waals surface area contributed by atoms with E-state index in [2.05, 4.69) is 92.1 Å². The molecule has 0 unspecified atom stereocenters. The fourth-order valence-electron chi connectivity index (χ4n) is 7.71. The lowest BCUT2D eigenvalue weighted by molar-refractivity contribution is 0.628. The van der Waals surface area contributed by atoms with Gasteiger partial charge < -0.3 is 4.57 Å². The number of nitrogens with zero attached hydrogens (tertiary/aromatic N) is 4. The van der Waals surface area contributed by atoms with E-state index in [9.17, 15) is 4.39 Å². The second kappa shape index (κ2) is 13.1. The van der Waals surface area contributed by atoms with Crippen molar-refractivity contribution in [3.05, 3.63) is 180 Å². The summed E-state index contributed by atoms with van der Waals surface area (Å²) in [4.78, 5) is 15.0. The molecule has 2 heterocycles. The van der Waals surface area contributed by atoms with Gasteiger partial charge in [0.15, 0.2) is 17.5 Å². The van der Waals surface area contributed by atoms with Gasteiger partial charge in [0, 0.05) is 33.0 Å². The lowest BCUT2D eigenvalue weighted by Gasteiger charge is -2.17. The third kappa shape index (κ3) is 5.86. The average Bonchev–Trinajstić information content (AvgIpc) is 3.51. The lowest BCUT2D eigenvalue weighted by Crippen LogP contribution is -2.02. The standard InChI is InChI=1S/C48H35FN4/c1-30-25-31(2)45(32(3)26-30)36-21-24-41-40-19-10-11-20-42(40)53(44(41)28-36)43-29-37(22-23-39(43)35-17-12-18-38(49)27-35)48-51-46(33-13-6-4-7-14-33)50-47(52-48)34-15-8-5-9-16-34/h4-29H,1-3H3. The zero-order chi connectivity index (χ0) is 36.1. The van der Waals surface area contributed by atoms with Gasteiger partial charge in [0.2, 0.25) is 0 Å². The van der Waals surface area contributed by atoms with Crippen LogP contribution in [0.2, 0.25) is 0 Å². The highest BCUT2D eigenvalue weighted by atomic mass is 19.1. The van der Waals surface area contributed by atoms with Gasteiger partial charge in [-0.15, -0.1) is 0 Å². The first-order chi connectivity index (χ1) is 25.9. The van der Waals surface area contributed by atoms with E-state index >= 15 is 0 Å². The molecule has 0 aliphatic heterocycles. The van der Waals surface area contributed by atoms with Crippen LogP contribution in [-0.4, -0.2) is 19.5 Å². The van der Waals surface area contributed by atoms with Crippen LogP contribution in [0.15, 0.2) is 158 Å². The van der Waals surface area contributed by atoms with Crippen LogP contribution in [-0.2, 0) is 0 Å². The van der Waals surface area contributed by atoms with Crippen molar-refractivity contribution in [3.8, 4) is 62.1 Å². The quantitative estimate of drug-likeness (QED) is 0.175. The van der Waals surface area contributed by atoms with Gasteiger partial charge in [-0.25, -0.2) is 19.3 Å². The molecule has 254 valence electrons. The van der Waals surface area contributed by atoms with Crippen molar-refractivity contribution in [2.75, 3.05) is 0 Å². The highest BCUT2D eigenvalue weighted by molar-refractivity contribution is 6.11. The second-order valence-corrected chi connectivity index (χ2v) is 13.6. The Morgan fingerprint density at radius 1 is 0.434 bits per heavy atom. The number of benzene rings is 7. The molecule has 5 heteroatoms. The number of aryl methyl sites for hydroxylation is 3. The SMILES string of the molecule is Cc1cc(C)c(-c2ccc3c4ccccc4n(-c4cc(-c5nc(-c6ccccc6)nc(-c6ccccc6)n5)ccc4-c4cccc(F)c4)c3c2)c(C)c1. The van der Waals surface area contributed by atoms with Crippen molar-refractivity contribution in [1.29, 1.82) is 0 Å². The number of halogens is 1. The first-order valence-corrected chi connectivity index (χ1v) is 17.8. The largest absolute Gasteiger partial charge is 0.309 e. The predicted octanol–water partition coefficient (Wildman–Crippen LogP) is 12.4.